The van der Waals surface area contributed by atoms with Gasteiger partial charge in [0.1, 0.15) is 5.75 Å². The molecule has 2 rings (SSSR count). The van der Waals surface area contributed by atoms with Gasteiger partial charge >= 0.3 is 0 Å². The Balaban J connectivity index is 1.96. The number of anilines is 2. The number of nitrogens with one attached hydrogen (secondary N) is 2. The summed E-state index contributed by atoms with van der Waals surface area (Å²) in [5.74, 6) is 0.580. The smallest absolute Gasteiger partial charge is 0.243 e. The lowest BCUT2D eigenvalue weighted by atomic mass is 10.1. The van der Waals surface area contributed by atoms with Crippen LogP contribution in [0.15, 0.2) is 42.5 Å². The third kappa shape index (κ3) is 4.52. The van der Waals surface area contributed by atoms with Gasteiger partial charge in [-0.15, -0.1) is 0 Å². The molecule has 0 bridgehead atoms. The van der Waals surface area contributed by atoms with Gasteiger partial charge in [-0.25, -0.2) is 0 Å². The molecular formula is C18H22N2O2. The van der Waals surface area contributed by atoms with Crippen LogP contribution in [0.1, 0.15) is 18.1 Å². The van der Waals surface area contributed by atoms with E-state index in [-0.39, 0.29) is 12.5 Å². The van der Waals surface area contributed by atoms with Gasteiger partial charge < -0.3 is 15.4 Å². The first-order valence-electron chi connectivity index (χ1n) is 7.42. The van der Waals surface area contributed by atoms with Crippen molar-refractivity contribution in [3.05, 3.63) is 53.6 Å². The monoisotopic (exact) mass is 298 g/mol. The quantitative estimate of drug-likeness (QED) is 0.854. The normalized spacial score (nSPS) is 10.1. The minimum Gasteiger partial charge on any atom is -0.492 e. The molecule has 0 spiro atoms. The Morgan fingerprint density at radius 3 is 2.45 bits per heavy atom. The molecule has 0 aromatic heterocycles. The summed E-state index contributed by atoms with van der Waals surface area (Å²) in [4.78, 5) is 12.1. The van der Waals surface area contributed by atoms with Crippen molar-refractivity contribution in [1.82, 2.24) is 0 Å². The molecule has 116 valence electrons. The molecule has 4 heteroatoms. The molecular weight excluding hydrogens is 276 g/mol. The van der Waals surface area contributed by atoms with E-state index in [2.05, 4.69) is 16.7 Å². The molecule has 0 heterocycles. The van der Waals surface area contributed by atoms with E-state index in [0.717, 1.165) is 5.69 Å². The average molecular weight is 298 g/mol. The van der Waals surface area contributed by atoms with Crippen molar-refractivity contribution in [2.24, 2.45) is 0 Å². The van der Waals surface area contributed by atoms with Gasteiger partial charge in [-0.2, -0.15) is 0 Å². The van der Waals surface area contributed by atoms with E-state index in [1.165, 1.54) is 11.1 Å². The van der Waals surface area contributed by atoms with Crippen molar-refractivity contribution < 1.29 is 9.53 Å². The van der Waals surface area contributed by atoms with E-state index in [1.807, 2.05) is 57.2 Å². The highest BCUT2D eigenvalue weighted by atomic mass is 16.5. The second-order valence-corrected chi connectivity index (χ2v) is 5.21. The van der Waals surface area contributed by atoms with E-state index in [9.17, 15) is 4.79 Å². The molecule has 0 saturated carbocycles. The van der Waals surface area contributed by atoms with Crippen molar-refractivity contribution >= 4 is 17.3 Å². The number of hydrogen-bond donors (Lipinski definition) is 2. The van der Waals surface area contributed by atoms with Crippen LogP contribution in [0.4, 0.5) is 11.4 Å². The Bertz CT molecular complexity index is 633. The second kappa shape index (κ2) is 7.50. The van der Waals surface area contributed by atoms with Crippen LogP contribution in [0, 0.1) is 13.8 Å². The summed E-state index contributed by atoms with van der Waals surface area (Å²) in [6, 6.07) is 13.6. The predicted octanol–water partition coefficient (Wildman–Crippen LogP) is 3.75. The summed E-state index contributed by atoms with van der Waals surface area (Å²) in [6.07, 6.45) is 0. The van der Waals surface area contributed by atoms with E-state index in [1.54, 1.807) is 0 Å². The van der Waals surface area contributed by atoms with Crippen molar-refractivity contribution in [3.63, 3.8) is 0 Å². The zero-order chi connectivity index (χ0) is 15.9. The number of carbonyl (C=O) groups excluding carboxylic acids is 1. The van der Waals surface area contributed by atoms with Crippen LogP contribution in [0.5, 0.6) is 5.75 Å². The molecule has 1 amide bonds. The first kappa shape index (κ1) is 15.9. The van der Waals surface area contributed by atoms with E-state index in [0.29, 0.717) is 18.0 Å². The third-order valence-electron chi connectivity index (χ3n) is 3.14. The molecule has 0 radical (unpaired) electrons. The van der Waals surface area contributed by atoms with Gasteiger partial charge in [-0.3, -0.25) is 4.79 Å². The van der Waals surface area contributed by atoms with Crippen molar-refractivity contribution in [1.29, 1.82) is 0 Å². The number of amides is 1. The molecule has 22 heavy (non-hydrogen) atoms. The Morgan fingerprint density at radius 2 is 1.77 bits per heavy atom. The molecule has 0 fully saturated rings. The largest absolute Gasteiger partial charge is 0.492 e. The molecule has 0 unspecified atom stereocenters. The Kier molecular flexibility index (Phi) is 5.42. The number of hydrogen-bond acceptors (Lipinski definition) is 3. The fourth-order valence-corrected chi connectivity index (χ4v) is 2.30. The standard InChI is InChI=1S/C18H22N2O2/c1-4-22-17-8-6-5-7-16(17)20-18(21)12-19-15-10-13(2)9-14(3)11-15/h5-11,19H,4,12H2,1-3H3,(H,20,21). The van der Waals surface area contributed by atoms with Gasteiger partial charge in [-0.05, 0) is 56.2 Å². The predicted molar refractivity (Wildman–Crippen MR) is 90.6 cm³/mol. The highest BCUT2D eigenvalue weighted by molar-refractivity contribution is 5.95. The maximum absolute atomic E-state index is 12.1. The van der Waals surface area contributed by atoms with Crippen LogP contribution in [-0.4, -0.2) is 19.1 Å². The van der Waals surface area contributed by atoms with Crippen LogP contribution < -0.4 is 15.4 Å². The number of benzene rings is 2. The molecule has 0 aliphatic rings. The molecule has 0 aliphatic heterocycles. The number of aryl methyl sites for hydroxylation is 2. The highest BCUT2D eigenvalue weighted by Crippen LogP contribution is 2.23. The van der Waals surface area contributed by atoms with Crippen LogP contribution in [0.2, 0.25) is 0 Å². The molecule has 2 aromatic carbocycles. The number of carbonyl (C=O) groups is 1. The summed E-state index contributed by atoms with van der Waals surface area (Å²) >= 11 is 0. The summed E-state index contributed by atoms with van der Waals surface area (Å²) < 4.78 is 5.50. The topological polar surface area (TPSA) is 50.4 Å². The average Bonchev–Trinajstić information content (AvgIpc) is 2.46. The molecule has 0 atom stereocenters. The van der Waals surface area contributed by atoms with E-state index >= 15 is 0 Å². The zero-order valence-electron chi connectivity index (χ0n) is 13.3. The highest BCUT2D eigenvalue weighted by Gasteiger charge is 2.07. The first-order chi connectivity index (χ1) is 10.6. The Labute approximate surface area is 131 Å². The summed E-state index contributed by atoms with van der Waals surface area (Å²) in [5.41, 5.74) is 3.98. The van der Waals surface area contributed by atoms with Crippen LogP contribution in [0.25, 0.3) is 0 Å². The molecule has 4 nitrogen and oxygen atoms in total. The van der Waals surface area contributed by atoms with Crippen molar-refractivity contribution in [2.75, 3.05) is 23.8 Å². The number of para-hydroxylation sites is 2. The lowest BCUT2D eigenvalue weighted by molar-refractivity contribution is -0.114. The second-order valence-electron chi connectivity index (χ2n) is 5.21. The van der Waals surface area contributed by atoms with Gasteiger partial charge in [0.05, 0.1) is 18.8 Å². The maximum Gasteiger partial charge on any atom is 0.243 e. The SMILES string of the molecule is CCOc1ccccc1NC(=O)CNc1cc(C)cc(C)c1. The summed E-state index contributed by atoms with van der Waals surface area (Å²) in [6.45, 7) is 6.77. The minimum atomic E-state index is -0.105. The lowest BCUT2D eigenvalue weighted by Crippen LogP contribution is -2.22. The first-order valence-corrected chi connectivity index (χ1v) is 7.42. The van der Waals surface area contributed by atoms with E-state index in [4.69, 9.17) is 4.74 Å². The zero-order valence-corrected chi connectivity index (χ0v) is 13.3. The molecule has 0 saturated heterocycles. The van der Waals surface area contributed by atoms with Gasteiger partial charge in [0, 0.05) is 5.69 Å². The Hall–Kier alpha value is -2.49. The summed E-state index contributed by atoms with van der Waals surface area (Å²) in [7, 11) is 0. The molecule has 2 aromatic rings. The summed E-state index contributed by atoms with van der Waals surface area (Å²) in [5, 5.41) is 6.01. The van der Waals surface area contributed by atoms with Crippen LogP contribution >= 0.6 is 0 Å². The number of rotatable bonds is 6. The Morgan fingerprint density at radius 1 is 1.09 bits per heavy atom. The van der Waals surface area contributed by atoms with Crippen LogP contribution in [0.3, 0.4) is 0 Å². The van der Waals surface area contributed by atoms with Gasteiger partial charge in [0.2, 0.25) is 5.91 Å². The molecule has 0 aliphatic carbocycles. The van der Waals surface area contributed by atoms with Gasteiger partial charge in [-0.1, -0.05) is 18.2 Å². The minimum absolute atomic E-state index is 0.105. The van der Waals surface area contributed by atoms with Gasteiger partial charge in [0.15, 0.2) is 0 Å². The number of ether oxygens (including phenoxy) is 1. The fraction of sp³-hybridized carbons (Fsp3) is 0.278. The third-order valence-corrected chi connectivity index (χ3v) is 3.14. The van der Waals surface area contributed by atoms with E-state index < -0.39 is 0 Å². The molecule has 2 N–H and O–H groups in total. The maximum atomic E-state index is 12.1. The fourth-order valence-electron chi connectivity index (χ4n) is 2.30. The van der Waals surface area contributed by atoms with Crippen LogP contribution in [-0.2, 0) is 4.79 Å². The lowest BCUT2D eigenvalue weighted by Gasteiger charge is -2.12. The van der Waals surface area contributed by atoms with Gasteiger partial charge in [0.25, 0.3) is 0 Å². The van der Waals surface area contributed by atoms with Crippen molar-refractivity contribution in [3.8, 4) is 5.75 Å². The van der Waals surface area contributed by atoms with Crippen molar-refractivity contribution in [2.45, 2.75) is 20.8 Å².